The Kier molecular flexibility index (Phi) is 6.83. The third kappa shape index (κ3) is 4.35. The van der Waals surface area contributed by atoms with Crippen molar-refractivity contribution in [2.24, 2.45) is 0 Å². The van der Waals surface area contributed by atoms with Crippen molar-refractivity contribution in [3.05, 3.63) is 46.8 Å². The third-order valence-electron chi connectivity index (χ3n) is 4.42. The van der Waals surface area contributed by atoms with Crippen LogP contribution in [0.2, 0.25) is 0 Å². The first-order valence-electron chi connectivity index (χ1n) is 9.24. The van der Waals surface area contributed by atoms with Crippen LogP contribution in [-0.2, 0) is 11.3 Å². The Morgan fingerprint density at radius 1 is 1.10 bits per heavy atom. The van der Waals surface area contributed by atoms with E-state index in [1.165, 1.54) is 33.1 Å². The van der Waals surface area contributed by atoms with Crippen molar-refractivity contribution in [1.82, 2.24) is 9.55 Å². The number of hydrogen-bond acceptors (Lipinski definition) is 7. The Morgan fingerprint density at radius 3 is 2.37 bits per heavy atom. The molecule has 8 nitrogen and oxygen atoms in total. The Balaban J connectivity index is 1.79. The summed E-state index contributed by atoms with van der Waals surface area (Å²) in [7, 11) is 4.53. The standard InChI is InChI=1S/C21H23N3O5S/c1-5-24-20(26)14-8-6-7-9-15(14)23-21(24)30-12-18(25)22-13-10-16(27-2)19(29-4)17(11-13)28-3/h6-11H,5,12H2,1-4H3,(H,22,25). The Morgan fingerprint density at radius 2 is 1.77 bits per heavy atom. The molecule has 30 heavy (non-hydrogen) atoms. The molecule has 0 aliphatic rings. The first-order valence-corrected chi connectivity index (χ1v) is 10.2. The second-order valence-corrected chi connectivity index (χ2v) is 7.15. The van der Waals surface area contributed by atoms with Gasteiger partial charge in [-0.15, -0.1) is 0 Å². The zero-order valence-corrected chi connectivity index (χ0v) is 18.0. The molecule has 0 saturated heterocycles. The number of nitrogens with one attached hydrogen (secondary N) is 1. The molecule has 1 N–H and O–H groups in total. The molecule has 2 aromatic carbocycles. The number of aromatic nitrogens is 2. The summed E-state index contributed by atoms with van der Waals surface area (Å²) in [5.41, 5.74) is 1.00. The highest BCUT2D eigenvalue weighted by atomic mass is 32.2. The predicted octanol–water partition coefficient (Wildman–Crippen LogP) is 3.17. The van der Waals surface area contributed by atoms with Crippen LogP contribution in [0.4, 0.5) is 5.69 Å². The minimum absolute atomic E-state index is 0.0848. The van der Waals surface area contributed by atoms with Crippen LogP contribution in [0.15, 0.2) is 46.3 Å². The summed E-state index contributed by atoms with van der Waals surface area (Å²) in [5, 5.41) is 3.87. The summed E-state index contributed by atoms with van der Waals surface area (Å²) in [5.74, 6) is 1.16. The molecule has 1 amide bonds. The Bertz CT molecular complexity index is 1100. The number of anilines is 1. The van der Waals surface area contributed by atoms with Crippen molar-refractivity contribution >= 4 is 34.3 Å². The molecule has 158 valence electrons. The second kappa shape index (κ2) is 9.53. The molecule has 9 heteroatoms. The molecule has 0 unspecified atom stereocenters. The van der Waals surface area contributed by atoms with Gasteiger partial charge in [0.1, 0.15) is 0 Å². The average Bonchev–Trinajstić information content (AvgIpc) is 2.77. The van der Waals surface area contributed by atoms with E-state index in [1.54, 1.807) is 28.8 Å². The Hall–Kier alpha value is -3.20. The van der Waals surface area contributed by atoms with Crippen molar-refractivity contribution in [2.45, 2.75) is 18.6 Å². The van der Waals surface area contributed by atoms with Crippen LogP contribution in [0.1, 0.15) is 6.92 Å². The van der Waals surface area contributed by atoms with Crippen molar-refractivity contribution < 1.29 is 19.0 Å². The van der Waals surface area contributed by atoms with Gasteiger partial charge in [-0.05, 0) is 19.1 Å². The van der Waals surface area contributed by atoms with Gasteiger partial charge < -0.3 is 19.5 Å². The molecule has 0 atom stereocenters. The normalized spacial score (nSPS) is 10.7. The maximum atomic E-state index is 12.7. The highest BCUT2D eigenvalue weighted by Gasteiger charge is 2.16. The number of nitrogens with zero attached hydrogens (tertiary/aromatic N) is 2. The van der Waals surface area contributed by atoms with Gasteiger partial charge in [-0.3, -0.25) is 14.2 Å². The number of carbonyl (C=O) groups excluding carboxylic acids is 1. The highest BCUT2D eigenvalue weighted by molar-refractivity contribution is 7.99. The van der Waals surface area contributed by atoms with Crippen LogP contribution in [0, 0.1) is 0 Å². The topological polar surface area (TPSA) is 91.7 Å². The van der Waals surface area contributed by atoms with Gasteiger partial charge in [-0.25, -0.2) is 4.98 Å². The number of ether oxygens (including phenoxy) is 3. The fourth-order valence-electron chi connectivity index (χ4n) is 3.02. The molecular formula is C21H23N3O5S. The first kappa shape index (κ1) is 21.5. The molecule has 1 aromatic heterocycles. The molecule has 0 aliphatic heterocycles. The summed E-state index contributed by atoms with van der Waals surface area (Å²) in [6.45, 7) is 2.34. The molecule has 0 aliphatic carbocycles. The van der Waals surface area contributed by atoms with Crippen molar-refractivity contribution in [2.75, 3.05) is 32.4 Å². The van der Waals surface area contributed by atoms with E-state index in [4.69, 9.17) is 14.2 Å². The third-order valence-corrected chi connectivity index (χ3v) is 5.40. The summed E-state index contributed by atoms with van der Waals surface area (Å²) in [6, 6.07) is 10.5. The van der Waals surface area contributed by atoms with Gasteiger partial charge in [0.2, 0.25) is 11.7 Å². The number of amides is 1. The maximum absolute atomic E-state index is 12.7. The molecule has 3 aromatic rings. The fraction of sp³-hybridized carbons (Fsp3) is 0.286. The van der Waals surface area contributed by atoms with E-state index in [0.717, 1.165) is 0 Å². The largest absolute Gasteiger partial charge is 0.493 e. The van der Waals surface area contributed by atoms with Gasteiger partial charge in [0.25, 0.3) is 5.56 Å². The molecule has 0 radical (unpaired) electrons. The van der Waals surface area contributed by atoms with E-state index in [9.17, 15) is 9.59 Å². The van der Waals surface area contributed by atoms with Crippen LogP contribution in [0.3, 0.4) is 0 Å². The SMILES string of the molecule is CCn1c(SCC(=O)Nc2cc(OC)c(OC)c(OC)c2)nc2ccccc2c1=O. The van der Waals surface area contributed by atoms with Crippen molar-refractivity contribution in [3.63, 3.8) is 0 Å². The fourth-order valence-corrected chi connectivity index (χ4v) is 3.88. The molecule has 0 spiro atoms. The molecule has 0 bridgehead atoms. The Labute approximate surface area is 178 Å². The van der Waals surface area contributed by atoms with E-state index in [2.05, 4.69) is 10.3 Å². The molecule has 3 rings (SSSR count). The zero-order chi connectivity index (χ0) is 21.7. The number of carbonyl (C=O) groups is 1. The molecule has 0 saturated carbocycles. The average molecular weight is 429 g/mol. The van der Waals surface area contributed by atoms with E-state index in [-0.39, 0.29) is 17.2 Å². The summed E-state index contributed by atoms with van der Waals surface area (Å²) in [6.07, 6.45) is 0. The van der Waals surface area contributed by atoms with Gasteiger partial charge >= 0.3 is 0 Å². The number of para-hydroxylation sites is 1. The zero-order valence-electron chi connectivity index (χ0n) is 17.2. The first-order chi connectivity index (χ1) is 14.5. The van der Waals surface area contributed by atoms with Crippen LogP contribution in [0.25, 0.3) is 10.9 Å². The van der Waals surface area contributed by atoms with E-state index < -0.39 is 0 Å². The van der Waals surface area contributed by atoms with E-state index in [0.29, 0.717) is 45.5 Å². The van der Waals surface area contributed by atoms with Crippen LogP contribution < -0.4 is 25.1 Å². The van der Waals surface area contributed by atoms with E-state index >= 15 is 0 Å². The minimum atomic E-state index is -0.251. The number of hydrogen-bond donors (Lipinski definition) is 1. The lowest BCUT2D eigenvalue weighted by Crippen LogP contribution is -2.23. The van der Waals surface area contributed by atoms with Gasteiger partial charge in [-0.1, -0.05) is 23.9 Å². The van der Waals surface area contributed by atoms with Crippen LogP contribution in [-0.4, -0.2) is 42.5 Å². The number of thioether (sulfide) groups is 1. The maximum Gasteiger partial charge on any atom is 0.262 e. The van der Waals surface area contributed by atoms with Gasteiger partial charge in [-0.2, -0.15) is 0 Å². The number of benzene rings is 2. The lowest BCUT2D eigenvalue weighted by Gasteiger charge is -2.15. The van der Waals surface area contributed by atoms with Gasteiger partial charge in [0, 0.05) is 24.4 Å². The van der Waals surface area contributed by atoms with Crippen LogP contribution in [0.5, 0.6) is 17.2 Å². The van der Waals surface area contributed by atoms with Gasteiger partial charge in [0.15, 0.2) is 16.7 Å². The quantitative estimate of drug-likeness (QED) is 0.434. The predicted molar refractivity (Wildman–Crippen MR) is 117 cm³/mol. The smallest absolute Gasteiger partial charge is 0.262 e. The summed E-state index contributed by atoms with van der Waals surface area (Å²) in [4.78, 5) is 29.8. The number of fused-ring (bicyclic) bond motifs is 1. The second-order valence-electron chi connectivity index (χ2n) is 6.21. The van der Waals surface area contributed by atoms with E-state index in [1.807, 2.05) is 19.1 Å². The van der Waals surface area contributed by atoms with Crippen molar-refractivity contribution in [3.8, 4) is 17.2 Å². The summed E-state index contributed by atoms with van der Waals surface area (Å²) >= 11 is 1.21. The monoisotopic (exact) mass is 429 g/mol. The van der Waals surface area contributed by atoms with Crippen LogP contribution >= 0.6 is 11.8 Å². The molecular weight excluding hydrogens is 406 g/mol. The van der Waals surface area contributed by atoms with Crippen molar-refractivity contribution in [1.29, 1.82) is 0 Å². The minimum Gasteiger partial charge on any atom is -0.493 e. The molecule has 0 fully saturated rings. The number of methoxy groups -OCH3 is 3. The number of rotatable bonds is 8. The molecule has 1 heterocycles. The highest BCUT2D eigenvalue weighted by Crippen LogP contribution is 2.40. The lowest BCUT2D eigenvalue weighted by atomic mass is 10.2. The summed E-state index contributed by atoms with van der Waals surface area (Å²) < 4.78 is 17.5. The van der Waals surface area contributed by atoms with Gasteiger partial charge in [0.05, 0.1) is 38.0 Å². The lowest BCUT2D eigenvalue weighted by molar-refractivity contribution is -0.113.